The van der Waals surface area contributed by atoms with Crippen molar-refractivity contribution in [2.75, 3.05) is 13.1 Å². The van der Waals surface area contributed by atoms with Gasteiger partial charge in [0.1, 0.15) is 0 Å². The molecule has 5 heteroatoms. The number of benzene rings is 1. The van der Waals surface area contributed by atoms with Gasteiger partial charge in [0.05, 0.1) is 0 Å². The van der Waals surface area contributed by atoms with Crippen LogP contribution in [0.4, 0.5) is 8.78 Å². The monoisotopic (exact) mass is 294 g/mol. The van der Waals surface area contributed by atoms with Gasteiger partial charge in [0.2, 0.25) is 0 Å². The van der Waals surface area contributed by atoms with Crippen LogP contribution in [-0.4, -0.2) is 25.0 Å². The molecule has 0 spiro atoms. The molecule has 3 nitrogen and oxygen atoms in total. The van der Waals surface area contributed by atoms with Gasteiger partial charge in [-0.2, -0.15) is 0 Å². The molecule has 1 aliphatic heterocycles. The Labute approximate surface area is 123 Å². The van der Waals surface area contributed by atoms with Gasteiger partial charge in [0.15, 0.2) is 11.6 Å². The average molecular weight is 294 g/mol. The Bertz CT molecular complexity index is 537. The van der Waals surface area contributed by atoms with Gasteiger partial charge in [-0.05, 0) is 68.8 Å². The highest BCUT2D eigenvalue weighted by Gasteiger charge is 2.25. The maximum atomic E-state index is 14.0. The molecule has 2 fully saturated rings. The second-order valence-corrected chi connectivity index (χ2v) is 5.99. The summed E-state index contributed by atoms with van der Waals surface area (Å²) in [7, 11) is 0. The highest BCUT2D eigenvalue weighted by atomic mass is 19.2. The molecule has 1 saturated heterocycles. The quantitative estimate of drug-likeness (QED) is 0.900. The number of carbonyl (C=O) groups is 1. The van der Waals surface area contributed by atoms with E-state index in [4.69, 9.17) is 0 Å². The van der Waals surface area contributed by atoms with E-state index >= 15 is 0 Å². The first kappa shape index (κ1) is 14.4. The van der Waals surface area contributed by atoms with E-state index in [1.54, 1.807) is 0 Å². The zero-order valence-corrected chi connectivity index (χ0v) is 11.9. The summed E-state index contributed by atoms with van der Waals surface area (Å²) in [6.07, 6.45) is 4.59. The number of nitrogens with one attached hydrogen (secondary N) is 2. The summed E-state index contributed by atoms with van der Waals surface area (Å²) >= 11 is 0. The van der Waals surface area contributed by atoms with Crippen LogP contribution in [0.25, 0.3) is 0 Å². The van der Waals surface area contributed by atoms with Crippen molar-refractivity contribution in [1.82, 2.24) is 10.6 Å². The van der Waals surface area contributed by atoms with Crippen molar-refractivity contribution in [3.05, 3.63) is 34.9 Å². The first-order chi connectivity index (χ1) is 10.1. The van der Waals surface area contributed by atoms with Crippen molar-refractivity contribution in [2.45, 2.75) is 44.1 Å². The summed E-state index contributed by atoms with van der Waals surface area (Å²) in [6, 6.07) is 2.73. The first-order valence-corrected chi connectivity index (χ1v) is 7.65. The molecule has 0 aromatic heterocycles. The van der Waals surface area contributed by atoms with Gasteiger partial charge < -0.3 is 10.6 Å². The van der Waals surface area contributed by atoms with Gasteiger partial charge in [0.25, 0.3) is 5.91 Å². The van der Waals surface area contributed by atoms with Crippen LogP contribution in [0.1, 0.15) is 53.9 Å². The van der Waals surface area contributed by atoms with Gasteiger partial charge in [-0.15, -0.1) is 0 Å². The number of piperidine rings is 1. The Hall–Kier alpha value is -1.49. The summed E-state index contributed by atoms with van der Waals surface area (Å²) < 4.78 is 27.9. The number of hydrogen-bond donors (Lipinski definition) is 2. The highest BCUT2D eigenvalue weighted by Crippen LogP contribution is 2.30. The molecule has 1 heterocycles. The fourth-order valence-electron chi connectivity index (χ4n) is 2.99. The Kier molecular flexibility index (Phi) is 4.19. The second kappa shape index (κ2) is 6.10. The number of carbonyl (C=O) groups excluding carboxylic acids is 1. The van der Waals surface area contributed by atoms with E-state index < -0.39 is 11.6 Å². The van der Waals surface area contributed by atoms with E-state index in [1.807, 2.05) is 0 Å². The first-order valence-electron chi connectivity index (χ1n) is 7.65. The van der Waals surface area contributed by atoms with Crippen molar-refractivity contribution in [1.29, 1.82) is 0 Å². The molecule has 1 amide bonds. The lowest BCUT2D eigenvalue weighted by Crippen LogP contribution is -2.39. The molecule has 1 aromatic rings. The van der Waals surface area contributed by atoms with E-state index in [0.29, 0.717) is 5.56 Å². The van der Waals surface area contributed by atoms with Crippen molar-refractivity contribution < 1.29 is 13.6 Å². The molecule has 0 atom stereocenters. The highest BCUT2D eigenvalue weighted by molar-refractivity contribution is 5.94. The van der Waals surface area contributed by atoms with Crippen LogP contribution < -0.4 is 10.6 Å². The molecular weight excluding hydrogens is 274 g/mol. The minimum absolute atomic E-state index is 0.0165. The minimum atomic E-state index is -0.926. The summed E-state index contributed by atoms with van der Waals surface area (Å²) in [5.41, 5.74) is 0.574. The third-order valence-corrected chi connectivity index (χ3v) is 4.54. The number of halogens is 2. The van der Waals surface area contributed by atoms with Gasteiger partial charge in [-0.1, -0.05) is 0 Å². The summed E-state index contributed by atoms with van der Waals surface area (Å²) in [6.45, 7) is 1.59. The number of rotatable bonds is 3. The maximum absolute atomic E-state index is 14.0. The Morgan fingerprint density at radius 3 is 2.48 bits per heavy atom. The van der Waals surface area contributed by atoms with Crippen LogP contribution in [-0.2, 0) is 0 Å². The number of hydrogen-bond acceptors (Lipinski definition) is 2. The summed E-state index contributed by atoms with van der Waals surface area (Å²) in [5, 5.41) is 6.07. The minimum Gasteiger partial charge on any atom is -0.349 e. The summed E-state index contributed by atoms with van der Waals surface area (Å²) in [4.78, 5) is 12.1. The molecule has 2 N–H and O–H groups in total. The van der Waals surface area contributed by atoms with E-state index in [9.17, 15) is 13.6 Å². The smallest absolute Gasteiger partial charge is 0.251 e. The fraction of sp³-hybridized carbons (Fsp3) is 0.562. The SMILES string of the molecule is O=C(NC1CCC1)c1cc(F)c(F)c(C2CCNCC2)c1. The molecule has 1 saturated carbocycles. The predicted octanol–water partition coefficient (Wildman–Crippen LogP) is 2.71. The molecular formula is C16H20F2N2O. The third kappa shape index (κ3) is 3.07. The molecule has 0 radical (unpaired) electrons. The molecule has 1 aromatic carbocycles. The largest absolute Gasteiger partial charge is 0.349 e. The van der Waals surface area contributed by atoms with Crippen LogP contribution >= 0.6 is 0 Å². The molecule has 0 unspecified atom stereocenters. The lowest BCUT2D eigenvalue weighted by molar-refractivity contribution is 0.0916. The zero-order valence-electron chi connectivity index (χ0n) is 11.9. The van der Waals surface area contributed by atoms with Crippen LogP contribution in [0.2, 0.25) is 0 Å². The van der Waals surface area contributed by atoms with Crippen molar-refractivity contribution in [2.24, 2.45) is 0 Å². The van der Waals surface area contributed by atoms with Crippen LogP contribution in [0, 0.1) is 11.6 Å². The molecule has 21 heavy (non-hydrogen) atoms. The van der Waals surface area contributed by atoms with Crippen LogP contribution in [0.15, 0.2) is 12.1 Å². The Morgan fingerprint density at radius 2 is 1.86 bits per heavy atom. The van der Waals surface area contributed by atoms with Crippen molar-refractivity contribution >= 4 is 5.91 Å². The maximum Gasteiger partial charge on any atom is 0.251 e. The number of amides is 1. The third-order valence-electron chi connectivity index (χ3n) is 4.54. The van der Waals surface area contributed by atoms with E-state index in [1.165, 1.54) is 6.07 Å². The lowest BCUT2D eigenvalue weighted by Gasteiger charge is -2.27. The van der Waals surface area contributed by atoms with Crippen LogP contribution in [0.3, 0.4) is 0 Å². The second-order valence-electron chi connectivity index (χ2n) is 5.99. The predicted molar refractivity (Wildman–Crippen MR) is 76.3 cm³/mol. The lowest BCUT2D eigenvalue weighted by atomic mass is 9.88. The Balaban J connectivity index is 1.83. The van der Waals surface area contributed by atoms with E-state index in [-0.39, 0.29) is 23.4 Å². The van der Waals surface area contributed by atoms with E-state index in [0.717, 1.165) is 51.3 Å². The molecule has 1 aliphatic carbocycles. The van der Waals surface area contributed by atoms with Gasteiger partial charge in [-0.25, -0.2) is 8.78 Å². The molecule has 0 bridgehead atoms. The standard InChI is InChI=1S/C16H20F2N2O/c17-14-9-11(16(21)20-12-2-1-3-12)8-13(15(14)18)10-4-6-19-7-5-10/h8-10,12,19H,1-7H2,(H,20,21). The molecule has 114 valence electrons. The van der Waals surface area contributed by atoms with Gasteiger partial charge in [0, 0.05) is 11.6 Å². The van der Waals surface area contributed by atoms with Crippen LogP contribution in [0.5, 0.6) is 0 Å². The van der Waals surface area contributed by atoms with Gasteiger partial charge in [-0.3, -0.25) is 4.79 Å². The normalized spacial score (nSPS) is 20.1. The summed E-state index contributed by atoms with van der Waals surface area (Å²) in [5.74, 6) is -2.04. The topological polar surface area (TPSA) is 41.1 Å². The zero-order chi connectivity index (χ0) is 14.8. The van der Waals surface area contributed by atoms with E-state index in [2.05, 4.69) is 10.6 Å². The fourth-order valence-corrected chi connectivity index (χ4v) is 2.99. The molecule has 3 rings (SSSR count). The van der Waals surface area contributed by atoms with Crippen molar-refractivity contribution in [3.63, 3.8) is 0 Å². The van der Waals surface area contributed by atoms with Gasteiger partial charge >= 0.3 is 0 Å². The molecule has 2 aliphatic rings. The average Bonchev–Trinajstić information content (AvgIpc) is 2.46. The van der Waals surface area contributed by atoms with Crippen molar-refractivity contribution in [3.8, 4) is 0 Å². The Morgan fingerprint density at radius 1 is 1.14 bits per heavy atom.